The summed E-state index contributed by atoms with van der Waals surface area (Å²) in [7, 11) is 0. The van der Waals surface area contributed by atoms with Gasteiger partial charge in [0, 0.05) is 17.8 Å². The van der Waals surface area contributed by atoms with E-state index in [2.05, 4.69) is 10.6 Å². The lowest BCUT2D eigenvalue weighted by Crippen LogP contribution is -2.28. The second-order valence-electron chi connectivity index (χ2n) is 4.48. The van der Waals surface area contributed by atoms with E-state index in [-0.39, 0.29) is 23.7 Å². The lowest BCUT2D eigenvalue weighted by Gasteiger charge is -2.08. The SMILES string of the molecule is O=C(CNCc1c(F)cccc1F)Nc1ccc(F)c(Cl)c1. The molecule has 0 bridgehead atoms. The molecule has 3 nitrogen and oxygen atoms in total. The Morgan fingerprint density at radius 1 is 1.05 bits per heavy atom. The van der Waals surface area contributed by atoms with Crippen molar-refractivity contribution in [2.75, 3.05) is 11.9 Å². The van der Waals surface area contributed by atoms with Crippen LogP contribution in [-0.2, 0) is 11.3 Å². The van der Waals surface area contributed by atoms with E-state index in [4.69, 9.17) is 11.6 Å². The molecule has 2 rings (SSSR count). The maximum Gasteiger partial charge on any atom is 0.238 e. The summed E-state index contributed by atoms with van der Waals surface area (Å²) in [4.78, 5) is 11.7. The number of halogens is 4. The van der Waals surface area contributed by atoms with Gasteiger partial charge in [-0.2, -0.15) is 0 Å². The first-order valence-corrected chi connectivity index (χ1v) is 6.73. The minimum atomic E-state index is -0.682. The highest BCUT2D eigenvalue weighted by Crippen LogP contribution is 2.19. The molecule has 0 saturated heterocycles. The first kappa shape index (κ1) is 16.3. The lowest BCUT2D eigenvalue weighted by molar-refractivity contribution is -0.115. The van der Waals surface area contributed by atoms with E-state index >= 15 is 0 Å². The van der Waals surface area contributed by atoms with Crippen LogP contribution >= 0.6 is 11.6 Å². The molecule has 0 unspecified atom stereocenters. The molecule has 7 heteroatoms. The van der Waals surface area contributed by atoms with Crippen LogP contribution in [0.4, 0.5) is 18.9 Å². The van der Waals surface area contributed by atoms with Crippen LogP contribution in [0.15, 0.2) is 36.4 Å². The van der Waals surface area contributed by atoms with Crippen LogP contribution in [0.25, 0.3) is 0 Å². The van der Waals surface area contributed by atoms with Gasteiger partial charge in [0.05, 0.1) is 11.6 Å². The summed E-state index contributed by atoms with van der Waals surface area (Å²) in [5, 5.41) is 5.00. The highest BCUT2D eigenvalue weighted by atomic mass is 35.5. The second kappa shape index (κ2) is 7.29. The minimum absolute atomic E-state index is 0.112. The smallest absolute Gasteiger partial charge is 0.238 e. The number of benzene rings is 2. The number of rotatable bonds is 5. The minimum Gasteiger partial charge on any atom is -0.325 e. The normalized spacial score (nSPS) is 10.5. The van der Waals surface area contributed by atoms with Crippen molar-refractivity contribution < 1.29 is 18.0 Å². The monoisotopic (exact) mass is 328 g/mol. The third kappa shape index (κ3) is 4.22. The summed E-state index contributed by atoms with van der Waals surface area (Å²) < 4.78 is 39.7. The van der Waals surface area contributed by atoms with Gasteiger partial charge in [0.25, 0.3) is 0 Å². The van der Waals surface area contributed by atoms with Gasteiger partial charge in [-0.1, -0.05) is 17.7 Å². The first-order chi connectivity index (χ1) is 10.5. The predicted molar refractivity (Wildman–Crippen MR) is 78.1 cm³/mol. The maximum absolute atomic E-state index is 13.4. The summed E-state index contributed by atoms with van der Waals surface area (Å²) >= 11 is 5.59. The van der Waals surface area contributed by atoms with Gasteiger partial charge < -0.3 is 10.6 Å². The Morgan fingerprint density at radius 3 is 2.36 bits per heavy atom. The number of nitrogens with one attached hydrogen (secondary N) is 2. The average molecular weight is 329 g/mol. The standard InChI is InChI=1S/C15H12ClF3N2O/c16-11-6-9(4-5-14(11)19)21-15(22)8-20-7-10-12(17)2-1-3-13(10)18/h1-6,20H,7-8H2,(H,21,22). The van der Waals surface area contributed by atoms with Crippen LogP contribution < -0.4 is 10.6 Å². The van der Waals surface area contributed by atoms with Crippen molar-refractivity contribution in [1.29, 1.82) is 0 Å². The third-order valence-corrected chi connectivity index (χ3v) is 3.14. The molecule has 1 amide bonds. The Bertz CT molecular complexity index is 674. The van der Waals surface area contributed by atoms with E-state index < -0.39 is 23.4 Å². The fraction of sp³-hybridized carbons (Fsp3) is 0.133. The Labute approximate surface area is 130 Å². The Balaban J connectivity index is 1.86. The van der Waals surface area contributed by atoms with E-state index in [1.807, 2.05) is 0 Å². The predicted octanol–water partition coefficient (Wildman–Crippen LogP) is 3.49. The van der Waals surface area contributed by atoms with Crippen molar-refractivity contribution in [1.82, 2.24) is 5.32 Å². The molecule has 0 heterocycles. The fourth-order valence-electron chi connectivity index (χ4n) is 1.78. The van der Waals surface area contributed by atoms with Gasteiger partial charge in [0.1, 0.15) is 17.5 Å². The number of anilines is 1. The van der Waals surface area contributed by atoms with Gasteiger partial charge in [-0.25, -0.2) is 13.2 Å². The summed E-state index contributed by atoms with van der Waals surface area (Å²) in [6, 6.07) is 7.29. The molecule has 0 aliphatic rings. The Hall–Kier alpha value is -2.05. The largest absolute Gasteiger partial charge is 0.325 e. The van der Waals surface area contributed by atoms with E-state index in [0.717, 1.165) is 18.2 Å². The topological polar surface area (TPSA) is 41.1 Å². The molecule has 0 aromatic heterocycles. The molecule has 0 aliphatic carbocycles. The van der Waals surface area contributed by atoms with Crippen molar-refractivity contribution in [3.63, 3.8) is 0 Å². The van der Waals surface area contributed by atoms with Crippen LogP contribution in [0.3, 0.4) is 0 Å². The van der Waals surface area contributed by atoms with Crippen LogP contribution in [0, 0.1) is 17.5 Å². The summed E-state index contributed by atoms with van der Waals surface area (Å²) in [6.45, 7) is -0.293. The van der Waals surface area contributed by atoms with Crippen molar-refractivity contribution in [2.45, 2.75) is 6.54 Å². The molecule has 0 atom stereocenters. The number of hydrogen-bond acceptors (Lipinski definition) is 2. The van der Waals surface area contributed by atoms with Crippen LogP contribution in [0.2, 0.25) is 5.02 Å². The van der Waals surface area contributed by atoms with Crippen LogP contribution in [0.1, 0.15) is 5.56 Å². The fourth-order valence-corrected chi connectivity index (χ4v) is 1.96. The second-order valence-corrected chi connectivity index (χ2v) is 4.89. The van der Waals surface area contributed by atoms with Crippen LogP contribution in [0.5, 0.6) is 0 Å². The van der Waals surface area contributed by atoms with Crippen molar-refractivity contribution in [3.05, 3.63) is 64.4 Å². The number of amides is 1. The molecule has 0 radical (unpaired) electrons. The molecule has 2 N–H and O–H groups in total. The van der Waals surface area contributed by atoms with Gasteiger partial charge in [-0.15, -0.1) is 0 Å². The summed E-state index contributed by atoms with van der Waals surface area (Å²) in [5.74, 6) is -2.40. The highest BCUT2D eigenvalue weighted by molar-refractivity contribution is 6.31. The van der Waals surface area contributed by atoms with Crippen molar-refractivity contribution in [3.8, 4) is 0 Å². The molecule has 0 aliphatic heterocycles. The summed E-state index contributed by atoms with van der Waals surface area (Å²) in [6.07, 6.45) is 0. The number of carbonyl (C=O) groups excluding carboxylic acids is 1. The number of hydrogen-bond donors (Lipinski definition) is 2. The van der Waals surface area contributed by atoms with Gasteiger partial charge >= 0.3 is 0 Å². The van der Waals surface area contributed by atoms with Gasteiger partial charge in [-0.3, -0.25) is 4.79 Å². The summed E-state index contributed by atoms with van der Waals surface area (Å²) in [5.41, 5.74) is 0.190. The number of carbonyl (C=O) groups is 1. The molecule has 0 fully saturated rings. The Morgan fingerprint density at radius 2 is 1.73 bits per heavy atom. The van der Waals surface area contributed by atoms with Gasteiger partial charge in [0.2, 0.25) is 5.91 Å². The van der Waals surface area contributed by atoms with Gasteiger partial charge in [-0.05, 0) is 30.3 Å². The van der Waals surface area contributed by atoms with E-state index in [1.54, 1.807) is 0 Å². The quantitative estimate of drug-likeness (QED) is 0.882. The van der Waals surface area contributed by atoms with Gasteiger partial charge in [0.15, 0.2) is 0 Å². The van der Waals surface area contributed by atoms with E-state index in [0.29, 0.717) is 5.69 Å². The lowest BCUT2D eigenvalue weighted by atomic mass is 10.2. The Kier molecular flexibility index (Phi) is 5.41. The average Bonchev–Trinajstić information content (AvgIpc) is 2.46. The zero-order valence-corrected chi connectivity index (χ0v) is 12.1. The molecule has 0 spiro atoms. The molecule has 116 valence electrons. The van der Waals surface area contributed by atoms with Crippen molar-refractivity contribution >= 4 is 23.2 Å². The van der Waals surface area contributed by atoms with E-state index in [1.165, 1.54) is 18.2 Å². The molecule has 2 aromatic carbocycles. The molecule has 22 heavy (non-hydrogen) atoms. The zero-order valence-electron chi connectivity index (χ0n) is 11.3. The van der Waals surface area contributed by atoms with Crippen molar-refractivity contribution in [2.24, 2.45) is 0 Å². The third-order valence-electron chi connectivity index (χ3n) is 2.85. The molecular formula is C15H12ClF3N2O. The molecule has 2 aromatic rings. The molecule has 0 saturated carbocycles. The maximum atomic E-state index is 13.4. The molecular weight excluding hydrogens is 317 g/mol. The zero-order chi connectivity index (χ0) is 16.1. The highest BCUT2D eigenvalue weighted by Gasteiger charge is 2.09. The van der Waals surface area contributed by atoms with Crippen LogP contribution in [-0.4, -0.2) is 12.5 Å². The first-order valence-electron chi connectivity index (χ1n) is 6.36. The van der Waals surface area contributed by atoms with E-state index in [9.17, 15) is 18.0 Å².